The van der Waals surface area contributed by atoms with Gasteiger partial charge in [-0.25, -0.2) is 0 Å². The minimum atomic E-state index is -0.0992. The monoisotopic (exact) mass is 254 g/mol. The van der Waals surface area contributed by atoms with Gasteiger partial charge in [0.05, 0.1) is 6.10 Å². The maximum absolute atomic E-state index is 6.69. The lowest BCUT2D eigenvalue weighted by Gasteiger charge is -2.62. The lowest BCUT2D eigenvalue weighted by Crippen LogP contribution is -2.78. The Morgan fingerprint density at radius 1 is 1.39 bits per heavy atom. The van der Waals surface area contributed by atoms with Gasteiger partial charge >= 0.3 is 0 Å². The highest BCUT2D eigenvalue weighted by Crippen LogP contribution is 2.57. The van der Waals surface area contributed by atoms with Gasteiger partial charge < -0.3 is 15.8 Å². The summed E-state index contributed by atoms with van der Waals surface area (Å²) in [6.45, 7) is 14.2. The Hall–Kier alpha value is -0.120. The Balaban J connectivity index is 1.92. The van der Waals surface area contributed by atoms with E-state index in [1.165, 1.54) is 6.42 Å². The van der Waals surface area contributed by atoms with Gasteiger partial charge in [-0.3, -0.25) is 0 Å². The summed E-state index contributed by atoms with van der Waals surface area (Å²) in [6.07, 6.45) is 2.70. The molecule has 2 fully saturated rings. The summed E-state index contributed by atoms with van der Waals surface area (Å²) >= 11 is 0. The Morgan fingerprint density at radius 3 is 2.67 bits per heavy atom. The molecule has 18 heavy (non-hydrogen) atoms. The number of hydrogen-bond acceptors (Lipinski definition) is 3. The summed E-state index contributed by atoms with van der Waals surface area (Å²) in [5.74, 6) is 0.546. The quantitative estimate of drug-likeness (QED) is 0.790. The van der Waals surface area contributed by atoms with Gasteiger partial charge in [0.1, 0.15) is 0 Å². The van der Waals surface area contributed by atoms with Crippen LogP contribution in [0, 0.1) is 16.7 Å². The molecule has 3 unspecified atom stereocenters. The van der Waals surface area contributed by atoms with Crippen molar-refractivity contribution >= 4 is 0 Å². The lowest BCUT2D eigenvalue weighted by molar-refractivity contribution is -0.153. The van der Waals surface area contributed by atoms with Crippen LogP contribution in [0.3, 0.4) is 0 Å². The number of fused-ring (bicyclic) bond motifs is 1. The highest BCUT2D eigenvalue weighted by molar-refractivity contribution is 5.21. The van der Waals surface area contributed by atoms with Gasteiger partial charge in [0.2, 0.25) is 0 Å². The molecule has 3 nitrogen and oxygen atoms in total. The van der Waals surface area contributed by atoms with Gasteiger partial charge in [-0.1, -0.05) is 34.6 Å². The molecule has 1 heterocycles. The fourth-order valence-electron chi connectivity index (χ4n) is 3.57. The molecule has 2 rings (SSSR count). The third-order valence-electron chi connectivity index (χ3n) is 5.64. The zero-order chi connectivity index (χ0) is 13.6. The fourth-order valence-corrected chi connectivity index (χ4v) is 3.57. The van der Waals surface area contributed by atoms with Crippen LogP contribution in [-0.4, -0.2) is 31.3 Å². The van der Waals surface area contributed by atoms with Crippen LogP contribution in [0.4, 0.5) is 0 Å². The molecule has 0 spiro atoms. The van der Waals surface area contributed by atoms with E-state index in [2.05, 4.69) is 39.9 Å². The second-order valence-electron chi connectivity index (χ2n) is 7.57. The Bertz CT molecular complexity index is 314. The molecule has 0 radical (unpaired) electrons. The third kappa shape index (κ3) is 2.00. The number of rotatable bonds is 5. The first-order chi connectivity index (χ1) is 8.24. The van der Waals surface area contributed by atoms with Crippen LogP contribution in [0.15, 0.2) is 0 Å². The normalized spacial score (nSPS) is 38.3. The van der Waals surface area contributed by atoms with Crippen molar-refractivity contribution in [3.63, 3.8) is 0 Å². The molecule has 3 heteroatoms. The van der Waals surface area contributed by atoms with Gasteiger partial charge in [0, 0.05) is 36.6 Å². The van der Waals surface area contributed by atoms with Crippen molar-refractivity contribution in [1.82, 2.24) is 5.32 Å². The van der Waals surface area contributed by atoms with E-state index < -0.39 is 0 Å². The molecule has 0 aromatic rings. The molecule has 0 aromatic heterocycles. The topological polar surface area (TPSA) is 47.3 Å². The zero-order valence-corrected chi connectivity index (χ0v) is 12.7. The van der Waals surface area contributed by atoms with Crippen molar-refractivity contribution in [1.29, 1.82) is 0 Å². The van der Waals surface area contributed by atoms with Crippen molar-refractivity contribution < 1.29 is 4.74 Å². The molecule has 0 bridgehead atoms. The SMILES string of the molecule is CCC(C)(C)CNCC1(N)C2CCOC2C1(C)C. The highest BCUT2D eigenvalue weighted by atomic mass is 16.5. The van der Waals surface area contributed by atoms with Crippen LogP contribution in [0.25, 0.3) is 0 Å². The molecule has 1 aliphatic heterocycles. The summed E-state index contributed by atoms with van der Waals surface area (Å²) in [7, 11) is 0. The van der Waals surface area contributed by atoms with Crippen LogP contribution < -0.4 is 11.1 Å². The number of hydrogen-bond donors (Lipinski definition) is 2. The zero-order valence-electron chi connectivity index (χ0n) is 12.7. The molecule has 1 saturated heterocycles. The second kappa shape index (κ2) is 4.46. The van der Waals surface area contributed by atoms with E-state index in [-0.39, 0.29) is 11.0 Å². The number of nitrogens with two attached hydrogens (primary N) is 1. The van der Waals surface area contributed by atoms with Gasteiger partial charge in [-0.05, 0) is 18.3 Å². The first-order valence-electron chi connectivity index (χ1n) is 7.36. The summed E-state index contributed by atoms with van der Waals surface area (Å²) in [5.41, 5.74) is 7.05. The van der Waals surface area contributed by atoms with Crippen molar-refractivity contribution in [3.05, 3.63) is 0 Å². The first kappa shape index (κ1) is 14.3. The average Bonchev–Trinajstić information content (AvgIpc) is 2.76. The van der Waals surface area contributed by atoms with E-state index in [1.807, 2.05) is 0 Å². The standard InChI is InChI=1S/C15H30N2O/c1-6-13(2,3)9-17-10-15(16)11-7-8-18-12(11)14(15,4)5/h11-12,17H,6-10,16H2,1-5H3. The largest absolute Gasteiger partial charge is 0.377 e. The number of nitrogens with one attached hydrogen (secondary N) is 1. The van der Waals surface area contributed by atoms with Crippen molar-refractivity contribution in [2.75, 3.05) is 19.7 Å². The van der Waals surface area contributed by atoms with E-state index in [9.17, 15) is 0 Å². The average molecular weight is 254 g/mol. The molecule has 0 aromatic carbocycles. The second-order valence-corrected chi connectivity index (χ2v) is 7.57. The molecule has 2 aliphatic rings. The van der Waals surface area contributed by atoms with Crippen LogP contribution in [0.1, 0.15) is 47.5 Å². The molecule has 0 amide bonds. The van der Waals surface area contributed by atoms with Gasteiger partial charge in [0.15, 0.2) is 0 Å². The Labute approximate surface area is 112 Å². The van der Waals surface area contributed by atoms with E-state index in [1.54, 1.807) is 0 Å². The molecule has 3 atom stereocenters. The van der Waals surface area contributed by atoms with Crippen LogP contribution in [0.5, 0.6) is 0 Å². The Morgan fingerprint density at radius 2 is 2.06 bits per heavy atom. The summed E-state index contributed by atoms with van der Waals surface area (Å²) in [5, 5.41) is 3.61. The molecule has 3 N–H and O–H groups in total. The van der Waals surface area contributed by atoms with E-state index in [0.29, 0.717) is 17.4 Å². The highest BCUT2D eigenvalue weighted by Gasteiger charge is 2.67. The van der Waals surface area contributed by atoms with Crippen molar-refractivity contribution in [2.45, 2.75) is 59.1 Å². The van der Waals surface area contributed by atoms with Crippen molar-refractivity contribution in [3.8, 4) is 0 Å². The maximum atomic E-state index is 6.69. The van der Waals surface area contributed by atoms with E-state index >= 15 is 0 Å². The smallest absolute Gasteiger partial charge is 0.0691 e. The van der Waals surface area contributed by atoms with Gasteiger partial charge in [-0.2, -0.15) is 0 Å². The lowest BCUT2D eigenvalue weighted by atomic mass is 9.48. The fraction of sp³-hybridized carbons (Fsp3) is 1.00. The van der Waals surface area contributed by atoms with Gasteiger partial charge in [-0.15, -0.1) is 0 Å². The maximum Gasteiger partial charge on any atom is 0.0691 e. The Kier molecular flexibility index (Phi) is 3.54. The minimum Gasteiger partial charge on any atom is -0.377 e. The van der Waals surface area contributed by atoms with Crippen LogP contribution >= 0.6 is 0 Å². The molecular formula is C15H30N2O. The number of ether oxygens (including phenoxy) is 1. The van der Waals surface area contributed by atoms with Crippen LogP contribution in [-0.2, 0) is 4.74 Å². The van der Waals surface area contributed by atoms with Gasteiger partial charge in [0.25, 0.3) is 0 Å². The molecule has 1 aliphatic carbocycles. The molecule has 1 saturated carbocycles. The van der Waals surface area contributed by atoms with Crippen molar-refractivity contribution in [2.24, 2.45) is 22.5 Å². The van der Waals surface area contributed by atoms with Crippen LogP contribution in [0.2, 0.25) is 0 Å². The molecular weight excluding hydrogens is 224 g/mol. The minimum absolute atomic E-state index is 0.0948. The summed E-state index contributed by atoms with van der Waals surface area (Å²) in [6, 6.07) is 0. The van der Waals surface area contributed by atoms with E-state index in [4.69, 9.17) is 10.5 Å². The summed E-state index contributed by atoms with van der Waals surface area (Å²) < 4.78 is 5.82. The third-order valence-corrected chi connectivity index (χ3v) is 5.64. The predicted molar refractivity (Wildman–Crippen MR) is 75.5 cm³/mol. The predicted octanol–water partition coefficient (Wildman–Crippen LogP) is 2.15. The molecule has 106 valence electrons. The summed E-state index contributed by atoms with van der Waals surface area (Å²) in [4.78, 5) is 0. The van der Waals surface area contributed by atoms with E-state index in [0.717, 1.165) is 26.1 Å². The first-order valence-corrected chi connectivity index (χ1v) is 7.36.